The van der Waals surface area contributed by atoms with Crippen molar-refractivity contribution in [2.24, 2.45) is 0 Å². The maximum atomic E-state index is 11.3. The van der Waals surface area contributed by atoms with E-state index in [9.17, 15) is 4.79 Å². The molecule has 0 atom stereocenters. The number of Topliss-reactive ketones (excluding diaryl/α,β-unsaturated/α-hetero) is 1. The molecule has 0 fully saturated rings. The Morgan fingerprint density at radius 1 is 0.700 bits per heavy atom. The van der Waals surface area contributed by atoms with Gasteiger partial charge in [0.2, 0.25) is 0 Å². The van der Waals surface area contributed by atoms with Gasteiger partial charge in [0.25, 0.3) is 0 Å². The number of hydrogen-bond donors (Lipinski definition) is 1. The average Bonchev–Trinajstić information content (AvgIpc) is 2.44. The van der Waals surface area contributed by atoms with Crippen molar-refractivity contribution >= 4 is 5.78 Å². The number of carbonyl (C=O) groups is 1. The summed E-state index contributed by atoms with van der Waals surface area (Å²) in [6.07, 6.45) is 18.5. The van der Waals surface area contributed by atoms with Crippen molar-refractivity contribution in [2.45, 2.75) is 96.8 Å². The normalized spacial score (nSPS) is 10.9. The molecule has 0 aliphatic heterocycles. The lowest BCUT2D eigenvalue weighted by Gasteiger charge is -2.03. The molecule has 0 aliphatic carbocycles. The predicted molar refractivity (Wildman–Crippen MR) is 89.2 cm³/mol. The molecule has 0 aromatic rings. The maximum absolute atomic E-state index is 11.3. The zero-order chi connectivity index (χ0) is 14.9. The summed E-state index contributed by atoms with van der Waals surface area (Å²) < 4.78 is 0. The SMILES string of the molecule is CCCCCCCCCCCCCCCC(=O)CNC. The van der Waals surface area contributed by atoms with Crippen LogP contribution in [0.15, 0.2) is 0 Å². The summed E-state index contributed by atoms with van der Waals surface area (Å²) in [6.45, 7) is 2.81. The Balaban J connectivity index is 3.01. The van der Waals surface area contributed by atoms with Crippen LogP contribution < -0.4 is 5.32 Å². The standard InChI is InChI=1S/C18H37NO/c1-3-4-5-6-7-8-9-10-11-12-13-14-15-16-18(20)17-19-2/h19H,3-17H2,1-2H3. The van der Waals surface area contributed by atoms with Crippen molar-refractivity contribution in [3.05, 3.63) is 0 Å². The number of carbonyl (C=O) groups excluding carboxylic acids is 1. The van der Waals surface area contributed by atoms with Gasteiger partial charge in [-0.1, -0.05) is 84.0 Å². The van der Waals surface area contributed by atoms with Crippen LogP contribution in [-0.2, 0) is 4.79 Å². The van der Waals surface area contributed by atoms with Crippen molar-refractivity contribution in [3.8, 4) is 0 Å². The minimum Gasteiger partial charge on any atom is -0.313 e. The molecule has 0 heterocycles. The molecule has 0 unspecified atom stereocenters. The van der Waals surface area contributed by atoms with E-state index in [4.69, 9.17) is 0 Å². The molecule has 0 aliphatic rings. The molecule has 1 N–H and O–H groups in total. The molecule has 0 amide bonds. The van der Waals surface area contributed by atoms with E-state index in [0.29, 0.717) is 12.3 Å². The molecular weight excluding hydrogens is 246 g/mol. The summed E-state index contributed by atoms with van der Waals surface area (Å²) >= 11 is 0. The number of rotatable bonds is 16. The highest BCUT2D eigenvalue weighted by Crippen LogP contribution is 2.12. The van der Waals surface area contributed by atoms with Crippen molar-refractivity contribution in [3.63, 3.8) is 0 Å². The smallest absolute Gasteiger partial charge is 0.146 e. The molecule has 0 saturated heterocycles. The highest BCUT2D eigenvalue weighted by Gasteiger charge is 1.99. The number of unbranched alkanes of at least 4 members (excludes halogenated alkanes) is 12. The lowest BCUT2D eigenvalue weighted by Crippen LogP contribution is -2.17. The third-order valence-electron chi connectivity index (χ3n) is 3.93. The van der Waals surface area contributed by atoms with E-state index in [0.717, 1.165) is 12.8 Å². The number of nitrogens with one attached hydrogen (secondary N) is 1. The number of likely N-dealkylation sites (N-methyl/N-ethyl adjacent to an activating group) is 1. The van der Waals surface area contributed by atoms with Crippen LogP contribution in [0.3, 0.4) is 0 Å². The minimum atomic E-state index is 0.357. The summed E-state index contributed by atoms with van der Waals surface area (Å²) in [4.78, 5) is 11.3. The van der Waals surface area contributed by atoms with Crippen LogP contribution >= 0.6 is 0 Å². The van der Waals surface area contributed by atoms with Gasteiger partial charge in [0.1, 0.15) is 5.78 Å². The van der Waals surface area contributed by atoms with E-state index in [1.165, 1.54) is 77.0 Å². The average molecular weight is 283 g/mol. The van der Waals surface area contributed by atoms with Gasteiger partial charge in [0.05, 0.1) is 6.54 Å². The molecule has 2 nitrogen and oxygen atoms in total. The maximum Gasteiger partial charge on any atom is 0.146 e. The van der Waals surface area contributed by atoms with Gasteiger partial charge in [0.15, 0.2) is 0 Å². The van der Waals surface area contributed by atoms with E-state index in [-0.39, 0.29) is 0 Å². The van der Waals surface area contributed by atoms with E-state index in [1.54, 1.807) is 0 Å². The summed E-state index contributed by atoms with van der Waals surface area (Å²) in [5, 5.41) is 2.91. The largest absolute Gasteiger partial charge is 0.313 e. The molecule has 2 heteroatoms. The van der Waals surface area contributed by atoms with Crippen LogP contribution in [0, 0.1) is 0 Å². The summed E-state index contributed by atoms with van der Waals surface area (Å²) in [7, 11) is 1.84. The van der Waals surface area contributed by atoms with Crippen LogP contribution in [0.5, 0.6) is 0 Å². The van der Waals surface area contributed by atoms with Gasteiger partial charge in [0, 0.05) is 6.42 Å². The first-order chi connectivity index (χ1) is 9.81. The van der Waals surface area contributed by atoms with Gasteiger partial charge >= 0.3 is 0 Å². The lowest BCUT2D eigenvalue weighted by atomic mass is 10.0. The number of ketones is 1. The fourth-order valence-electron chi connectivity index (χ4n) is 2.63. The second-order valence-electron chi connectivity index (χ2n) is 6.06. The molecular formula is C18H37NO. The Hall–Kier alpha value is -0.370. The second kappa shape index (κ2) is 16.7. The van der Waals surface area contributed by atoms with Gasteiger partial charge in [-0.2, -0.15) is 0 Å². The Kier molecular flexibility index (Phi) is 16.4. The topological polar surface area (TPSA) is 29.1 Å². The van der Waals surface area contributed by atoms with Gasteiger partial charge < -0.3 is 5.32 Å². The van der Waals surface area contributed by atoms with Gasteiger partial charge in [-0.25, -0.2) is 0 Å². The van der Waals surface area contributed by atoms with Gasteiger partial charge in [-0.15, -0.1) is 0 Å². The first kappa shape index (κ1) is 19.6. The Bertz CT molecular complexity index is 204. The zero-order valence-electron chi connectivity index (χ0n) is 14.0. The summed E-state index contributed by atoms with van der Waals surface area (Å²) in [6, 6.07) is 0. The molecule has 0 aromatic carbocycles. The van der Waals surface area contributed by atoms with Gasteiger partial charge in [-0.05, 0) is 13.5 Å². The zero-order valence-corrected chi connectivity index (χ0v) is 14.0. The Labute approximate surface area is 127 Å². The molecule has 0 radical (unpaired) electrons. The molecule has 0 bridgehead atoms. The fourth-order valence-corrected chi connectivity index (χ4v) is 2.63. The molecule has 120 valence electrons. The Morgan fingerprint density at radius 3 is 1.50 bits per heavy atom. The van der Waals surface area contributed by atoms with Crippen molar-refractivity contribution in [1.82, 2.24) is 5.32 Å². The molecule has 0 aromatic heterocycles. The number of hydrogen-bond acceptors (Lipinski definition) is 2. The first-order valence-corrected chi connectivity index (χ1v) is 8.97. The van der Waals surface area contributed by atoms with E-state index in [2.05, 4.69) is 12.2 Å². The fraction of sp³-hybridized carbons (Fsp3) is 0.944. The first-order valence-electron chi connectivity index (χ1n) is 8.97. The lowest BCUT2D eigenvalue weighted by molar-refractivity contribution is -0.118. The quantitative estimate of drug-likeness (QED) is 0.392. The monoisotopic (exact) mass is 283 g/mol. The van der Waals surface area contributed by atoms with Crippen LogP contribution in [0.4, 0.5) is 0 Å². The van der Waals surface area contributed by atoms with Crippen LogP contribution in [0.2, 0.25) is 0 Å². The van der Waals surface area contributed by atoms with Crippen molar-refractivity contribution < 1.29 is 4.79 Å². The van der Waals surface area contributed by atoms with Crippen LogP contribution in [0.25, 0.3) is 0 Å². The minimum absolute atomic E-state index is 0.357. The third kappa shape index (κ3) is 15.7. The second-order valence-corrected chi connectivity index (χ2v) is 6.06. The molecule has 0 saturated carbocycles. The van der Waals surface area contributed by atoms with E-state index >= 15 is 0 Å². The predicted octanol–water partition coefficient (Wildman–Crippen LogP) is 5.26. The molecule has 20 heavy (non-hydrogen) atoms. The van der Waals surface area contributed by atoms with Crippen molar-refractivity contribution in [2.75, 3.05) is 13.6 Å². The molecule has 0 spiro atoms. The van der Waals surface area contributed by atoms with Crippen LogP contribution in [0.1, 0.15) is 96.8 Å². The van der Waals surface area contributed by atoms with E-state index < -0.39 is 0 Å². The summed E-state index contributed by atoms with van der Waals surface area (Å²) in [5.41, 5.74) is 0. The highest BCUT2D eigenvalue weighted by molar-refractivity contribution is 5.80. The Morgan fingerprint density at radius 2 is 1.10 bits per heavy atom. The summed E-state index contributed by atoms with van der Waals surface area (Å²) in [5.74, 6) is 0.357. The third-order valence-corrected chi connectivity index (χ3v) is 3.93. The van der Waals surface area contributed by atoms with Crippen LogP contribution in [-0.4, -0.2) is 19.4 Å². The van der Waals surface area contributed by atoms with Crippen molar-refractivity contribution in [1.29, 1.82) is 0 Å². The van der Waals surface area contributed by atoms with E-state index in [1.807, 2.05) is 7.05 Å². The molecule has 0 rings (SSSR count). The highest BCUT2D eigenvalue weighted by atomic mass is 16.1. The van der Waals surface area contributed by atoms with Gasteiger partial charge in [-0.3, -0.25) is 4.79 Å².